The van der Waals surface area contributed by atoms with Gasteiger partial charge >= 0.3 is 0 Å². The van der Waals surface area contributed by atoms with Gasteiger partial charge in [-0.1, -0.05) is 18.2 Å². The van der Waals surface area contributed by atoms with E-state index in [2.05, 4.69) is 16.4 Å². The highest BCUT2D eigenvalue weighted by Gasteiger charge is 2.14. The SMILES string of the molecule is O=C(NCCc1c[nH]c2ccccc12)c1ccc2c(c1)OCCO2. The average Bonchev–Trinajstić information content (AvgIpc) is 3.04. The predicted octanol–water partition coefficient (Wildman–Crippen LogP) is 2.91. The molecule has 1 amide bonds. The maximum absolute atomic E-state index is 12.3. The van der Waals surface area contributed by atoms with Crippen molar-refractivity contribution in [3.05, 3.63) is 59.8 Å². The number of rotatable bonds is 4. The van der Waals surface area contributed by atoms with Gasteiger partial charge in [-0.05, 0) is 36.2 Å². The van der Waals surface area contributed by atoms with E-state index in [0.717, 1.165) is 11.9 Å². The minimum Gasteiger partial charge on any atom is -0.486 e. The highest BCUT2D eigenvalue weighted by Crippen LogP contribution is 2.30. The van der Waals surface area contributed by atoms with Gasteiger partial charge in [0.05, 0.1) is 0 Å². The Morgan fingerprint density at radius 3 is 2.83 bits per heavy atom. The number of hydrogen-bond acceptors (Lipinski definition) is 3. The normalized spacial score (nSPS) is 13.0. The number of aromatic nitrogens is 1. The van der Waals surface area contributed by atoms with Gasteiger partial charge in [-0.25, -0.2) is 0 Å². The number of hydrogen-bond donors (Lipinski definition) is 2. The molecule has 4 rings (SSSR count). The van der Waals surface area contributed by atoms with Crippen molar-refractivity contribution in [2.45, 2.75) is 6.42 Å². The van der Waals surface area contributed by atoms with E-state index in [0.29, 0.717) is 36.8 Å². The van der Waals surface area contributed by atoms with Crippen molar-refractivity contribution in [1.29, 1.82) is 0 Å². The highest BCUT2D eigenvalue weighted by atomic mass is 16.6. The number of fused-ring (bicyclic) bond motifs is 2. The third-order valence-electron chi connectivity index (χ3n) is 4.16. The zero-order valence-electron chi connectivity index (χ0n) is 13.2. The quantitative estimate of drug-likeness (QED) is 0.776. The van der Waals surface area contributed by atoms with Crippen LogP contribution in [0.1, 0.15) is 15.9 Å². The standard InChI is InChI=1S/C19H18N2O3/c22-19(13-5-6-17-18(11-13)24-10-9-23-17)20-8-7-14-12-21-16-4-2-1-3-15(14)16/h1-6,11-12,21H,7-10H2,(H,20,22). The molecule has 0 spiro atoms. The van der Waals surface area contributed by atoms with Crippen LogP contribution in [-0.2, 0) is 6.42 Å². The van der Waals surface area contributed by atoms with Crippen molar-refractivity contribution in [3.8, 4) is 11.5 Å². The summed E-state index contributed by atoms with van der Waals surface area (Å²) in [5, 5.41) is 4.16. The topological polar surface area (TPSA) is 63.4 Å². The summed E-state index contributed by atoms with van der Waals surface area (Å²) in [5.41, 5.74) is 2.90. The average molecular weight is 322 g/mol. The number of carbonyl (C=O) groups excluding carboxylic acids is 1. The Hall–Kier alpha value is -2.95. The van der Waals surface area contributed by atoms with E-state index in [9.17, 15) is 4.79 Å². The van der Waals surface area contributed by atoms with Gasteiger partial charge in [0.25, 0.3) is 5.91 Å². The molecule has 5 heteroatoms. The number of ether oxygens (including phenoxy) is 2. The minimum atomic E-state index is -0.105. The molecule has 1 aliphatic heterocycles. The monoisotopic (exact) mass is 322 g/mol. The molecule has 0 bridgehead atoms. The first-order valence-corrected chi connectivity index (χ1v) is 8.04. The van der Waals surface area contributed by atoms with Gasteiger partial charge in [-0.2, -0.15) is 0 Å². The molecule has 0 saturated carbocycles. The molecule has 2 aromatic carbocycles. The third-order valence-corrected chi connectivity index (χ3v) is 4.16. The summed E-state index contributed by atoms with van der Waals surface area (Å²) in [5.74, 6) is 1.22. The molecule has 0 radical (unpaired) electrons. The first kappa shape index (κ1) is 14.6. The van der Waals surface area contributed by atoms with Crippen molar-refractivity contribution in [2.75, 3.05) is 19.8 Å². The van der Waals surface area contributed by atoms with E-state index in [1.165, 1.54) is 10.9 Å². The summed E-state index contributed by atoms with van der Waals surface area (Å²) in [6.45, 7) is 1.64. The predicted molar refractivity (Wildman–Crippen MR) is 91.8 cm³/mol. The van der Waals surface area contributed by atoms with Crippen LogP contribution in [0.25, 0.3) is 10.9 Å². The molecule has 24 heavy (non-hydrogen) atoms. The van der Waals surface area contributed by atoms with Crippen LogP contribution in [0.3, 0.4) is 0 Å². The van der Waals surface area contributed by atoms with Crippen LogP contribution >= 0.6 is 0 Å². The van der Waals surface area contributed by atoms with Crippen LogP contribution in [0.4, 0.5) is 0 Å². The Morgan fingerprint density at radius 2 is 1.92 bits per heavy atom. The summed E-state index contributed by atoms with van der Waals surface area (Å²) < 4.78 is 11.0. The maximum atomic E-state index is 12.3. The number of nitrogens with one attached hydrogen (secondary N) is 2. The summed E-state index contributed by atoms with van der Waals surface area (Å²) in [6.07, 6.45) is 2.78. The Bertz CT molecular complexity index is 885. The second kappa shape index (κ2) is 6.28. The van der Waals surface area contributed by atoms with Crippen LogP contribution in [-0.4, -0.2) is 30.6 Å². The highest BCUT2D eigenvalue weighted by molar-refractivity contribution is 5.95. The Labute approximate surface area is 139 Å². The number of carbonyl (C=O) groups is 1. The van der Waals surface area contributed by atoms with E-state index < -0.39 is 0 Å². The smallest absolute Gasteiger partial charge is 0.251 e. The van der Waals surface area contributed by atoms with Crippen LogP contribution in [0, 0.1) is 0 Å². The minimum absolute atomic E-state index is 0.105. The summed E-state index contributed by atoms with van der Waals surface area (Å²) >= 11 is 0. The number of benzene rings is 2. The van der Waals surface area contributed by atoms with Crippen LogP contribution in [0.5, 0.6) is 11.5 Å². The molecule has 5 nitrogen and oxygen atoms in total. The fourth-order valence-corrected chi connectivity index (χ4v) is 2.94. The largest absolute Gasteiger partial charge is 0.486 e. The lowest BCUT2D eigenvalue weighted by Crippen LogP contribution is -2.26. The Balaban J connectivity index is 1.40. The lowest BCUT2D eigenvalue weighted by atomic mass is 10.1. The third kappa shape index (κ3) is 2.80. The van der Waals surface area contributed by atoms with E-state index in [4.69, 9.17) is 9.47 Å². The fraction of sp³-hybridized carbons (Fsp3) is 0.211. The van der Waals surface area contributed by atoms with Crippen molar-refractivity contribution in [3.63, 3.8) is 0 Å². The van der Waals surface area contributed by atoms with E-state index >= 15 is 0 Å². The number of H-pyrrole nitrogens is 1. The van der Waals surface area contributed by atoms with Gasteiger partial charge in [0.1, 0.15) is 13.2 Å². The summed E-state index contributed by atoms with van der Waals surface area (Å²) in [7, 11) is 0. The van der Waals surface area contributed by atoms with E-state index in [1.54, 1.807) is 18.2 Å². The van der Waals surface area contributed by atoms with Gasteiger partial charge in [0.2, 0.25) is 0 Å². The molecule has 122 valence electrons. The molecule has 2 N–H and O–H groups in total. The Kier molecular flexibility index (Phi) is 3.83. The molecule has 0 unspecified atom stereocenters. The molecule has 3 aromatic rings. The number of aromatic amines is 1. The molecular formula is C19H18N2O3. The summed E-state index contributed by atoms with van der Waals surface area (Å²) in [6, 6.07) is 13.4. The second-order valence-electron chi connectivity index (χ2n) is 5.72. The van der Waals surface area contributed by atoms with Gasteiger partial charge in [0, 0.05) is 29.2 Å². The van der Waals surface area contributed by atoms with Gasteiger partial charge in [0.15, 0.2) is 11.5 Å². The lowest BCUT2D eigenvalue weighted by Gasteiger charge is -2.18. The molecule has 1 aromatic heterocycles. The number of amides is 1. The molecule has 0 atom stereocenters. The van der Waals surface area contributed by atoms with Crippen molar-refractivity contribution in [2.24, 2.45) is 0 Å². The van der Waals surface area contributed by atoms with Crippen molar-refractivity contribution >= 4 is 16.8 Å². The molecule has 0 fully saturated rings. The summed E-state index contributed by atoms with van der Waals surface area (Å²) in [4.78, 5) is 15.6. The van der Waals surface area contributed by atoms with Gasteiger partial charge < -0.3 is 19.8 Å². The first-order valence-electron chi connectivity index (χ1n) is 8.04. The fourth-order valence-electron chi connectivity index (χ4n) is 2.94. The van der Waals surface area contributed by atoms with Crippen LogP contribution in [0.15, 0.2) is 48.7 Å². The molecule has 2 heterocycles. The molecular weight excluding hydrogens is 304 g/mol. The van der Waals surface area contributed by atoms with Crippen molar-refractivity contribution < 1.29 is 14.3 Å². The number of para-hydroxylation sites is 1. The zero-order chi connectivity index (χ0) is 16.4. The van der Waals surface area contributed by atoms with E-state index in [-0.39, 0.29) is 5.91 Å². The van der Waals surface area contributed by atoms with E-state index in [1.807, 2.05) is 24.4 Å². The van der Waals surface area contributed by atoms with Crippen molar-refractivity contribution in [1.82, 2.24) is 10.3 Å². The molecule has 0 aliphatic carbocycles. The maximum Gasteiger partial charge on any atom is 0.251 e. The van der Waals surface area contributed by atoms with Crippen LogP contribution < -0.4 is 14.8 Å². The molecule has 0 saturated heterocycles. The van der Waals surface area contributed by atoms with Crippen LogP contribution in [0.2, 0.25) is 0 Å². The second-order valence-corrected chi connectivity index (χ2v) is 5.72. The Morgan fingerprint density at radius 1 is 1.08 bits per heavy atom. The van der Waals surface area contributed by atoms with Gasteiger partial charge in [-0.3, -0.25) is 4.79 Å². The lowest BCUT2D eigenvalue weighted by molar-refractivity contribution is 0.0953. The first-order chi connectivity index (χ1) is 11.8. The molecule has 1 aliphatic rings. The zero-order valence-corrected chi connectivity index (χ0v) is 13.2. The van der Waals surface area contributed by atoms with Gasteiger partial charge in [-0.15, -0.1) is 0 Å².